The molecule has 0 bridgehead atoms. The van der Waals surface area contributed by atoms with Crippen LogP contribution in [0.15, 0.2) is 0 Å². The largest absolute Gasteiger partial charge is 0.381 e. The fraction of sp³-hybridized carbons (Fsp3) is 0.900. The van der Waals surface area contributed by atoms with Crippen molar-refractivity contribution in [3.8, 4) is 6.07 Å². The van der Waals surface area contributed by atoms with Gasteiger partial charge in [0.05, 0.1) is 12.2 Å². The van der Waals surface area contributed by atoms with Crippen LogP contribution < -0.4 is 5.32 Å². The van der Waals surface area contributed by atoms with Gasteiger partial charge in [-0.1, -0.05) is 0 Å². The van der Waals surface area contributed by atoms with Crippen LogP contribution in [0.2, 0.25) is 0 Å². The van der Waals surface area contributed by atoms with Gasteiger partial charge in [-0.2, -0.15) is 5.26 Å². The highest BCUT2D eigenvalue weighted by Crippen LogP contribution is 2.38. The van der Waals surface area contributed by atoms with E-state index in [2.05, 4.69) is 11.4 Å². The van der Waals surface area contributed by atoms with Crippen LogP contribution in [0, 0.1) is 17.2 Å². The summed E-state index contributed by atoms with van der Waals surface area (Å²) in [6.07, 6.45) is 3.95. The molecule has 1 N–H and O–H groups in total. The molecule has 0 amide bonds. The van der Waals surface area contributed by atoms with Crippen molar-refractivity contribution in [2.45, 2.75) is 36.0 Å². The van der Waals surface area contributed by atoms with E-state index in [1.165, 1.54) is 12.8 Å². The number of methoxy groups -OCH3 is 1. The zero-order chi connectivity index (χ0) is 9.97. The second-order valence-corrected chi connectivity index (χ2v) is 5.37. The van der Waals surface area contributed by atoms with E-state index in [1.54, 1.807) is 18.9 Å². The van der Waals surface area contributed by atoms with Crippen LogP contribution >= 0.6 is 11.8 Å². The average molecular weight is 212 g/mol. The number of fused-ring (bicyclic) bond motifs is 1. The number of nitrogens with one attached hydrogen (secondary N) is 1. The number of rotatable bonds is 1. The molecular weight excluding hydrogens is 196 g/mol. The molecule has 3 nitrogen and oxygen atoms in total. The lowest BCUT2D eigenvalue weighted by atomic mass is 9.86. The first-order valence-electron chi connectivity index (χ1n) is 5.14. The minimum atomic E-state index is -0.00754. The van der Waals surface area contributed by atoms with Gasteiger partial charge < -0.3 is 4.74 Å². The summed E-state index contributed by atoms with van der Waals surface area (Å²) in [5.74, 6) is 0.746. The summed E-state index contributed by atoms with van der Waals surface area (Å²) in [7, 11) is 1.79. The van der Waals surface area contributed by atoms with E-state index in [0.717, 1.165) is 18.9 Å². The Balaban J connectivity index is 1.94. The summed E-state index contributed by atoms with van der Waals surface area (Å²) in [5, 5.41) is 12.7. The molecule has 2 aliphatic rings. The normalized spacial score (nSPS) is 42.6. The van der Waals surface area contributed by atoms with E-state index in [4.69, 9.17) is 10.00 Å². The maximum Gasteiger partial charge on any atom is 0.142 e. The Morgan fingerprint density at radius 1 is 1.50 bits per heavy atom. The zero-order valence-corrected chi connectivity index (χ0v) is 9.22. The molecule has 78 valence electrons. The molecule has 0 aromatic heterocycles. The number of nitriles is 1. The molecular formula is C10H16N2OS. The summed E-state index contributed by atoms with van der Waals surface area (Å²) in [4.78, 5) is 0. The van der Waals surface area contributed by atoms with Gasteiger partial charge >= 0.3 is 0 Å². The molecule has 1 heterocycles. The van der Waals surface area contributed by atoms with Crippen LogP contribution in [-0.2, 0) is 4.74 Å². The van der Waals surface area contributed by atoms with Crippen LogP contribution in [0.1, 0.15) is 19.3 Å². The van der Waals surface area contributed by atoms with Crippen LogP contribution in [0.25, 0.3) is 0 Å². The van der Waals surface area contributed by atoms with Gasteiger partial charge in [-0.15, -0.1) is 11.8 Å². The van der Waals surface area contributed by atoms with Crippen molar-refractivity contribution in [1.29, 1.82) is 5.26 Å². The fourth-order valence-corrected chi connectivity index (χ4v) is 3.71. The molecule has 0 aromatic carbocycles. The third-order valence-corrected chi connectivity index (χ3v) is 4.68. The molecule has 1 saturated carbocycles. The quantitative estimate of drug-likeness (QED) is 0.713. The Hall–Kier alpha value is -0.240. The van der Waals surface area contributed by atoms with Crippen molar-refractivity contribution >= 4 is 11.8 Å². The molecule has 4 unspecified atom stereocenters. The van der Waals surface area contributed by atoms with Crippen LogP contribution in [-0.4, -0.2) is 30.4 Å². The molecule has 2 rings (SSSR count). The standard InChI is InChI=1S/C10H16N2OS/c1-13-8-3-2-7-6-12-10(5-11)14-9(7)4-8/h7-10,12H,2-4,6H2,1H3. The Labute approximate surface area is 89.2 Å². The second-order valence-electron chi connectivity index (χ2n) is 4.02. The minimum Gasteiger partial charge on any atom is -0.381 e. The van der Waals surface area contributed by atoms with Gasteiger partial charge in [0.15, 0.2) is 0 Å². The van der Waals surface area contributed by atoms with Gasteiger partial charge in [-0.25, -0.2) is 0 Å². The number of ether oxygens (including phenoxy) is 1. The maximum absolute atomic E-state index is 8.84. The SMILES string of the molecule is COC1CCC2CNC(C#N)SC2C1. The average Bonchev–Trinajstić information content (AvgIpc) is 2.27. The number of nitrogens with zero attached hydrogens (tertiary/aromatic N) is 1. The first kappa shape index (κ1) is 10.3. The van der Waals surface area contributed by atoms with E-state index >= 15 is 0 Å². The summed E-state index contributed by atoms with van der Waals surface area (Å²) in [6, 6.07) is 2.28. The smallest absolute Gasteiger partial charge is 0.142 e. The number of thioether (sulfide) groups is 1. The molecule has 4 heteroatoms. The van der Waals surface area contributed by atoms with Gasteiger partial charge in [-0.05, 0) is 25.2 Å². The van der Waals surface area contributed by atoms with Crippen LogP contribution in [0.5, 0.6) is 0 Å². The highest BCUT2D eigenvalue weighted by Gasteiger charge is 2.35. The Kier molecular flexibility index (Phi) is 3.32. The number of hydrogen-bond donors (Lipinski definition) is 1. The minimum absolute atomic E-state index is 0.00754. The highest BCUT2D eigenvalue weighted by molar-refractivity contribution is 8.00. The highest BCUT2D eigenvalue weighted by atomic mass is 32.2. The third kappa shape index (κ3) is 2.05. The lowest BCUT2D eigenvalue weighted by Crippen LogP contribution is -2.45. The molecule has 1 saturated heterocycles. The van der Waals surface area contributed by atoms with E-state index in [1.807, 2.05) is 0 Å². The lowest BCUT2D eigenvalue weighted by molar-refractivity contribution is 0.0585. The first-order chi connectivity index (χ1) is 6.83. The molecule has 4 atom stereocenters. The van der Waals surface area contributed by atoms with Crippen LogP contribution in [0.3, 0.4) is 0 Å². The van der Waals surface area contributed by atoms with Gasteiger partial charge in [-0.3, -0.25) is 5.32 Å². The molecule has 2 fully saturated rings. The van der Waals surface area contributed by atoms with Crippen LogP contribution in [0.4, 0.5) is 0 Å². The Morgan fingerprint density at radius 3 is 3.07 bits per heavy atom. The molecule has 0 spiro atoms. The topological polar surface area (TPSA) is 45.0 Å². The fourth-order valence-electron chi connectivity index (χ4n) is 2.33. The summed E-state index contributed by atoms with van der Waals surface area (Å²) < 4.78 is 5.39. The summed E-state index contributed by atoms with van der Waals surface area (Å²) in [6.45, 7) is 1.01. The second kappa shape index (κ2) is 4.52. The van der Waals surface area contributed by atoms with Crippen molar-refractivity contribution in [3.05, 3.63) is 0 Å². The Bertz CT molecular complexity index is 241. The Morgan fingerprint density at radius 2 is 2.36 bits per heavy atom. The molecule has 1 aliphatic heterocycles. The molecule has 0 aromatic rings. The van der Waals surface area contributed by atoms with E-state index in [-0.39, 0.29) is 5.37 Å². The molecule has 14 heavy (non-hydrogen) atoms. The van der Waals surface area contributed by atoms with E-state index in [0.29, 0.717) is 11.4 Å². The monoisotopic (exact) mass is 212 g/mol. The molecule has 1 aliphatic carbocycles. The maximum atomic E-state index is 8.84. The van der Waals surface area contributed by atoms with Crippen molar-refractivity contribution in [3.63, 3.8) is 0 Å². The first-order valence-corrected chi connectivity index (χ1v) is 6.09. The van der Waals surface area contributed by atoms with Gasteiger partial charge in [0.1, 0.15) is 5.37 Å². The van der Waals surface area contributed by atoms with Crippen molar-refractivity contribution < 1.29 is 4.74 Å². The van der Waals surface area contributed by atoms with Crippen molar-refractivity contribution in [1.82, 2.24) is 5.32 Å². The van der Waals surface area contributed by atoms with Gasteiger partial charge in [0, 0.05) is 18.9 Å². The van der Waals surface area contributed by atoms with Crippen molar-refractivity contribution in [2.24, 2.45) is 5.92 Å². The lowest BCUT2D eigenvalue weighted by Gasteiger charge is -2.40. The van der Waals surface area contributed by atoms with Gasteiger partial charge in [0.2, 0.25) is 0 Å². The zero-order valence-electron chi connectivity index (χ0n) is 8.40. The summed E-state index contributed by atoms with van der Waals surface area (Å²) >= 11 is 1.78. The number of hydrogen-bond acceptors (Lipinski definition) is 4. The third-order valence-electron chi connectivity index (χ3n) is 3.21. The van der Waals surface area contributed by atoms with E-state index in [9.17, 15) is 0 Å². The van der Waals surface area contributed by atoms with Gasteiger partial charge in [0.25, 0.3) is 0 Å². The summed E-state index contributed by atoms with van der Waals surface area (Å²) in [5.41, 5.74) is 0. The predicted octanol–water partition coefficient (Wildman–Crippen LogP) is 1.36. The predicted molar refractivity (Wildman–Crippen MR) is 56.9 cm³/mol. The van der Waals surface area contributed by atoms with Crippen molar-refractivity contribution in [2.75, 3.05) is 13.7 Å². The van der Waals surface area contributed by atoms with E-state index < -0.39 is 0 Å². The molecule has 0 radical (unpaired) electrons.